The Morgan fingerprint density at radius 3 is 2.03 bits per heavy atom. The summed E-state index contributed by atoms with van der Waals surface area (Å²) < 4.78 is 6.83. The van der Waals surface area contributed by atoms with Crippen LogP contribution < -0.4 is 10.1 Å². The first-order valence-corrected chi connectivity index (χ1v) is 10.9. The van der Waals surface area contributed by atoms with Crippen LogP contribution in [0.4, 0.5) is 0 Å². The van der Waals surface area contributed by atoms with Gasteiger partial charge in [0.15, 0.2) is 0 Å². The Morgan fingerprint density at radius 2 is 1.59 bits per heavy atom. The molecule has 1 amide bonds. The maximum atomic E-state index is 11.7. The smallest absolute Gasteiger partial charge is 0.271 e. The zero-order valence-electron chi connectivity index (χ0n) is 19.7. The molecule has 0 saturated heterocycles. The van der Waals surface area contributed by atoms with E-state index in [0.717, 1.165) is 27.8 Å². The fourth-order valence-electron chi connectivity index (χ4n) is 2.67. The molecule has 3 aromatic rings. The predicted molar refractivity (Wildman–Crippen MR) is 138 cm³/mol. The van der Waals surface area contributed by atoms with E-state index in [2.05, 4.69) is 10.3 Å². The number of imidazole rings is 1. The van der Waals surface area contributed by atoms with Gasteiger partial charge in [0.1, 0.15) is 30.8 Å². The summed E-state index contributed by atoms with van der Waals surface area (Å²) in [6.07, 6.45) is 1.69. The van der Waals surface area contributed by atoms with Crippen LogP contribution in [-0.2, 0) is 9.59 Å². The molecule has 2 aromatic carbocycles. The number of methoxy groups -OCH3 is 1. The maximum Gasteiger partial charge on any atom is 0.271 e. The first kappa shape index (κ1) is 31.1. The quantitative estimate of drug-likeness (QED) is 0.452. The molecule has 34 heavy (non-hydrogen) atoms. The first-order chi connectivity index (χ1) is 16.2. The number of benzene rings is 2. The lowest BCUT2D eigenvalue weighted by molar-refractivity contribution is -0.0987. The van der Waals surface area contributed by atoms with Gasteiger partial charge in [0.05, 0.1) is 7.11 Å². The highest BCUT2D eigenvalue weighted by Gasteiger charge is 2.17. The number of hydrogen-bond donors (Lipinski definition) is 1. The molecule has 0 spiro atoms. The summed E-state index contributed by atoms with van der Waals surface area (Å²) in [4.78, 5) is 32.1. The number of aromatic nitrogens is 2. The maximum absolute atomic E-state index is 11.7. The van der Waals surface area contributed by atoms with Crippen LogP contribution in [0, 0.1) is 6.92 Å². The molecule has 0 radical (unpaired) electrons. The molecule has 1 aromatic heterocycles. The molecule has 3 rings (SSSR count). The van der Waals surface area contributed by atoms with Gasteiger partial charge in [0, 0.05) is 39.9 Å². The van der Waals surface area contributed by atoms with Gasteiger partial charge >= 0.3 is 0 Å². The van der Waals surface area contributed by atoms with E-state index >= 15 is 0 Å². The largest absolute Gasteiger partial charge is 0.497 e. The molecule has 1 N–H and O–H groups in total. The van der Waals surface area contributed by atoms with E-state index < -0.39 is 0 Å². The number of amides is 1. The van der Waals surface area contributed by atoms with Gasteiger partial charge < -0.3 is 24.2 Å². The number of nitrogens with zero attached hydrogens (tertiary/aromatic N) is 2. The van der Waals surface area contributed by atoms with E-state index in [4.69, 9.17) is 49.1 Å². The molecule has 7 nitrogen and oxygen atoms in total. The third-order valence-electron chi connectivity index (χ3n) is 4.20. The van der Waals surface area contributed by atoms with E-state index in [-0.39, 0.29) is 11.8 Å². The Kier molecular flexibility index (Phi) is 14.5. The van der Waals surface area contributed by atoms with Crippen molar-refractivity contribution in [2.45, 2.75) is 26.7 Å². The number of hydrogen-bond acceptors (Lipinski definition) is 5. The van der Waals surface area contributed by atoms with Crippen molar-refractivity contribution in [3.05, 3.63) is 74.7 Å². The molecule has 0 saturated carbocycles. The average Bonchev–Trinajstić information content (AvgIpc) is 3.29. The molecular weight excluding hydrogens is 501 g/mol. The Balaban J connectivity index is 0.000000653. The number of carbonyl (C=O) groups excluding carboxylic acids is 3. The monoisotopic (exact) mass is 527 g/mol. The number of rotatable bonds is 4. The molecule has 0 unspecified atom stereocenters. The summed E-state index contributed by atoms with van der Waals surface area (Å²) in [5, 5.41) is 4.43. The lowest BCUT2D eigenvalue weighted by atomic mass is 10.2. The van der Waals surface area contributed by atoms with Gasteiger partial charge in [-0.1, -0.05) is 48.7 Å². The minimum absolute atomic E-state index is 0.158. The van der Waals surface area contributed by atoms with Crippen LogP contribution >= 0.6 is 34.8 Å². The fraction of sp³-hybridized carbons (Fsp3) is 0.250. The zero-order valence-corrected chi connectivity index (χ0v) is 22.0. The van der Waals surface area contributed by atoms with E-state index in [9.17, 15) is 4.79 Å². The van der Waals surface area contributed by atoms with Crippen molar-refractivity contribution in [1.29, 1.82) is 0 Å². The molecule has 184 valence electrons. The predicted octanol–water partition coefficient (Wildman–Crippen LogP) is 5.95. The standard InChI is InChI=1S/C14H15Cl2N3O.C8H9ClO.2CH2O/c1-8(2)13-18-12(14(20)17-3)7-19(13)11-5-9(15)4-10(16)6-11;1-6-5-7(10-2)3-4-8(6)9;2*1-2/h4-8H,1-3H3,(H,17,20);3-5H,1-2H3;2*1H2. The minimum atomic E-state index is -0.223. The van der Waals surface area contributed by atoms with Crippen LogP contribution in [-0.4, -0.2) is 43.2 Å². The molecule has 0 bridgehead atoms. The Labute approximate surface area is 215 Å². The Morgan fingerprint density at radius 1 is 1.03 bits per heavy atom. The molecule has 10 heteroatoms. The highest BCUT2D eigenvalue weighted by Crippen LogP contribution is 2.25. The van der Waals surface area contributed by atoms with Crippen molar-refractivity contribution in [1.82, 2.24) is 14.9 Å². The Hall–Kier alpha value is -2.87. The van der Waals surface area contributed by atoms with Gasteiger partial charge in [-0.2, -0.15) is 0 Å². The van der Waals surface area contributed by atoms with Crippen molar-refractivity contribution in [2.75, 3.05) is 14.2 Å². The van der Waals surface area contributed by atoms with Gasteiger partial charge in [-0.3, -0.25) is 4.79 Å². The van der Waals surface area contributed by atoms with E-state index in [1.165, 1.54) is 0 Å². The number of carbonyl (C=O) groups is 3. The second-order valence-corrected chi connectivity index (χ2v) is 8.11. The van der Waals surface area contributed by atoms with Gasteiger partial charge in [0.2, 0.25) is 0 Å². The number of ether oxygens (including phenoxy) is 1. The summed E-state index contributed by atoms with van der Waals surface area (Å²) in [5.41, 5.74) is 2.20. The zero-order chi connectivity index (χ0) is 26.4. The van der Waals surface area contributed by atoms with Gasteiger partial charge in [-0.15, -0.1) is 0 Å². The lowest BCUT2D eigenvalue weighted by Crippen LogP contribution is -2.18. The molecule has 1 heterocycles. The van der Waals surface area contributed by atoms with E-state index in [1.807, 2.05) is 57.1 Å². The second kappa shape index (κ2) is 15.9. The minimum Gasteiger partial charge on any atom is -0.497 e. The van der Waals surface area contributed by atoms with Crippen molar-refractivity contribution < 1.29 is 19.1 Å². The fourth-order valence-corrected chi connectivity index (χ4v) is 3.30. The molecular formula is C24H28Cl3N3O4. The van der Waals surface area contributed by atoms with Gasteiger partial charge in [0.25, 0.3) is 5.91 Å². The molecule has 0 atom stereocenters. The Bertz CT molecular complexity index is 1050. The van der Waals surface area contributed by atoms with Crippen molar-refractivity contribution in [2.24, 2.45) is 0 Å². The molecule has 0 fully saturated rings. The summed E-state index contributed by atoms with van der Waals surface area (Å²) >= 11 is 17.8. The highest BCUT2D eigenvalue weighted by atomic mass is 35.5. The van der Waals surface area contributed by atoms with E-state index in [1.54, 1.807) is 38.6 Å². The van der Waals surface area contributed by atoms with Crippen molar-refractivity contribution >= 4 is 54.3 Å². The van der Waals surface area contributed by atoms with Crippen LogP contribution in [0.15, 0.2) is 42.6 Å². The third-order valence-corrected chi connectivity index (χ3v) is 5.06. The van der Waals surface area contributed by atoms with Crippen LogP contribution in [0.3, 0.4) is 0 Å². The summed E-state index contributed by atoms with van der Waals surface area (Å²) in [6, 6.07) is 10.8. The number of nitrogens with one attached hydrogen (secondary N) is 1. The molecule has 0 aliphatic heterocycles. The van der Waals surface area contributed by atoms with Crippen LogP contribution in [0.2, 0.25) is 15.1 Å². The van der Waals surface area contributed by atoms with Crippen LogP contribution in [0.5, 0.6) is 5.75 Å². The summed E-state index contributed by atoms with van der Waals surface area (Å²) in [5.74, 6) is 1.56. The normalized spacial score (nSPS) is 9.44. The average molecular weight is 529 g/mol. The van der Waals surface area contributed by atoms with Crippen LogP contribution in [0.1, 0.15) is 41.6 Å². The highest BCUT2D eigenvalue weighted by molar-refractivity contribution is 6.34. The van der Waals surface area contributed by atoms with E-state index in [0.29, 0.717) is 15.7 Å². The second-order valence-electron chi connectivity index (χ2n) is 6.83. The first-order valence-electron chi connectivity index (χ1n) is 9.82. The van der Waals surface area contributed by atoms with Crippen molar-refractivity contribution in [3.8, 4) is 11.4 Å². The van der Waals surface area contributed by atoms with Gasteiger partial charge in [-0.25, -0.2) is 4.98 Å². The molecule has 0 aliphatic carbocycles. The summed E-state index contributed by atoms with van der Waals surface area (Å²) in [6.45, 7) is 9.97. The molecule has 0 aliphatic rings. The number of halogens is 3. The SMILES string of the molecule is C=O.C=O.CNC(=O)c1cn(-c2cc(Cl)cc(Cl)c2)c(C(C)C)n1.COc1ccc(Cl)c(C)c1. The summed E-state index contributed by atoms with van der Waals surface area (Å²) in [7, 11) is 3.22. The van der Waals surface area contributed by atoms with Crippen molar-refractivity contribution in [3.63, 3.8) is 0 Å². The van der Waals surface area contributed by atoms with Gasteiger partial charge in [-0.05, 0) is 48.9 Å². The topological polar surface area (TPSA) is 90.3 Å². The third kappa shape index (κ3) is 9.17. The number of aryl methyl sites for hydroxylation is 1. The lowest BCUT2D eigenvalue weighted by Gasteiger charge is -2.10. The van der Waals surface area contributed by atoms with Crippen LogP contribution in [0.25, 0.3) is 5.69 Å².